The summed E-state index contributed by atoms with van der Waals surface area (Å²) in [5.74, 6) is 1.89. The van der Waals surface area contributed by atoms with Crippen LogP contribution < -0.4 is 15.4 Å². The third-order valence-corrected chi connectivity index (χ3v) is 4.67. The topological polar surface area (TPSA) is 69.2 Å². The summed E-state index contributed by atoms with van der Waals surface area (Å²) in [6.45, 7) is 12.6. The molecule has 0 aliphatic carbocycles. The van der Waals surface area contributed by atoms with Crippen LogP contribution in [0.2, 0.25) is 0 Å². The van der Waals surface area contributed by atoms with E-state index in [-0.39, 0.29) is 42.0 Å². The number of rotatable bonds is 7. The minimum atomic E-state index is 0. The number of guanidine groups is 1. The maximum absolute atomic E-state index is 11.9. The first-order chi connectivity index (χ1) is 13.4. The summed E-state index contributed by atoms with van der Waals surface area (Å²) < 4.78 is 6.03. The molecule has 1 saturated heterocycles. The first-order valence-electron chi connectivity index (χ1n) is 10.1. The van der Waals surface area contributed by atoms with Gasteiger partial charge >= 0.3 is 0 Å². The van der Waals surface area contributed by atoms with Gasteiger partial charge in [0.25, 0.3) is 0 Å². The number of hydrogen-bond acceptors (Lipinski definition) is 4. The molecule has 1 aromatic rings. The van der Waals surface area contributed by atoms with Gasteiger partial charge < -0.3 is 20.3 Å². The van der Waals surface area contributed by atoms with Crippen LogP contribution in [-0.4, -0.2) is 80.1 Å². The summed E-state index contributed by atoms with van der Waals surface area (Å²) in [5, 5.41) is 6.36. The number of nitrogens with zero attached hydrogens (tertiary/aromatic N) is 3. The Labute approximate surface area is 192 Å². The van der Waals surface area contributed by atoms with Gasteiger partial charge in [0.2, 0.25) is 5.91 Å². The third kappa shape index (κ3) is 8.77. The number of aryl methyl sites for hydroxylation is 1. The SMILES string of the molecule is CN=C(NCC(C)Oc1ccccc1C)N1CCN(CC(=O)NC(C)C)CC1.I. The molecular formula is C21H36IN5O2. The first kappa shape index (κ1) is 25.5. The fourth-order valence-electron chi connectivity index (χ4n) is 3.20. The van der Waals surface area contributed by atoms with Crippen molar-refractivity contribution in [2.45, 2.75) is 39.8 Å². The molecule has 164 valence electrons. The van der Waals surface area contributed by atoms with Crippen molar-refractivity contribution in [1.82, 2.24) is 20.4 Å². The Kier molecular flexibility index (Phi) is 11.3. The molecule has 1 amide bonds. The third-order valence-electron chi connectivity index (χ3n) is 4.67. The number of nitrogens with one attached hydrogen (secondary N) is 2. The summed E-state index contributed by atoms with van der Waals surface area (Å²) >= 11 is 0. The number of ether oxygens (including phenoxy) is 1. The van der Waals surface area contributed by atoms with Gasteiger partial charge in [-0.3, -0.25) is 14.7 Å². The van der Waals surface area contributed by atoms with Crippen LogP contribution in [0.25, 0.3) is 0 Å². The second kappa shape index (κ2) is 12.9. The van der Waals surface area contributed by atoms with Crippen LogP contribution in [0.15, 0.2) is 29.3 Å². The molecule has 1 atom stereocenters. The maximum Gasteiger partial charge on any atom is 0.234 e. The number of benzene rings is 1. The lowest BCUT2D eigenvalue weighted by molar-refractivity contribution is -0.123. The number of halogens is 1. The summed E-state index contributed by atoms with van der Waals surface area (Å²) in [7, 11) is 1.80. The monoisotopic (exact) mass is 517 g/mol. The highest BCUT2D eigenvalue weighted by Crippen LogP contribution is 2.17. The molecule has 7 nitrogen and oxygen atoms in total. The minimum Gasteiger partial charge on any atom is -0.489 e. The van der Waals surface area contributed by atoms with E-state index in [1.807, 2.05) is 32.0 Å². The van der Waals surface area contributed by atoms with Crippen molar-refractivity contribution < 1.29 is 9.53 Å². The molecule has 1 fully saturated rings. The lowest BCUT2D eigenvalue weighted by Gasteiger charge is -2.36. The highest BCUT2D eigenvalue weighted by atomic mass is 127. The molecule has 2 N–H and O–H groups in total. The van der Waals surface area contributed by atoms with Crippen molar-refractivity contribution in [3.63, 3.8) is 0 Å². The van der Waals surface area contributed by atoms with Gasteiger partial charge in [0.15, 0.2) is 5.96 Å². The van der Waals surface area contributed by atoms with Gasteiger partial charge in [0, 0.05) is 39.3 Å². The standard InChI is InChI=1S/C21H35N5O2.HI/c1-16(2)24-20(27)15-25-10-12-26(13-11-25)21(22-5)23-14-18(4)28-19-9-7-6-8-17(19)3;/h6-9,16,18H,10-15H2,1-5H3,(H,22,23)(H,24,27);1H. The van der Waals surface area contributed by atoms with Crippen LogP contribution in [0.5, 0.6) is 5.75 Å². The van der Waals surface area contributed by atoms with Gasteiger partial charge in [0.1, 0.15) is 11.9 Å². The number of carbonyl (C=O) groups is 1. The molecule has 0 aromatic heterocycles. The second-order valence-electron chi connectivity index (χ2n) is 7.61. The Bertz CT molecular complexity index is 660. The molecule has 0 saturated carbocycles. The maximum atomic E-state index is 11.9. The molecule has 0 bridgehead atoms. The second-order valence-corrected chi connectivity index (χ2v) is 7.61. The summed E-state index contributed by atoms with van der Waals surface area (Å²) in [6, 6.07) is 8.23. The molecule has 29 heavy (non-hydrogen) atoms. The van der Waals surface area contributed by atoms with Gasteiger partial charge in [0.05, 0.1) is 13.1 Å². The van der Waals surface area contributed by atoms with Gasteiger partial charge in [-0.2, -0.15) is 0 Å². The van der Waals surface area contributed by atoms with Crippen LogP contribution in [-0.2, 0) is 4.79 Å². The van der Waals surface area contributed by atoms with Crippen molar-refractivity contribution in [2.24, 2.45) is 4.99 Å². The van der Waals surface area contributed by atoms with Crippen LogP contribution in [0.4, 0.5) is 0 Å². The fraction of sp³-hybridized carbons (Fsp3) is 0.619. The van der Waals surface area contributed by atoms with Gasteiger partial charge in [-0.1, -0.05) is 18.2 Å². The molecular weight excluding hydrogens is 481 g/mol. The van der Waals surface area contributed by atoms with E-state index in [4.69, 9.17) is 4.74 Å². The van der Waals surface area contributed by atoms with E-state index in [0.717, 1.165) is 43.5 Å². The van der Waals surface area contributed by atoms with Crippen molar-refractivity contribution in [3.8, 4) is 5.75 Å². The van der Waals surface area contributed by atoms with Crippen molar-refractivity contribution in [3.05, 3.63) is 29.8 Å². The average molecular weight is 517 g/mol. The normalized spacial score (nSPS) is 16.2. The van der Waals surface area contributed by atoms with Gasteiger partial charge in [-0.25, -0.2) is 0 Å². The zero-order chi connectivity index (χ0) is 20.5. The van der Waals surface area contributed by atoms with E-state index >= 15 is 0 Å². The Morgan fingerprint density at radius 2 is 1.83 bits per heavy atom. The van der Waals surface area contributed by atoms with E-state index in [1.54, 1.807) is 7.05 Å². The van der Waals surface area contributed by atoms with Crippen molar-refractivity contribution >= 4 is 35.8 Å². The molecule has 1 aliphatic rings. The summed E-state index contributed by atoms with van der Waals surface area (Å²) in [5.41, 5.74) is 1.14. The average Bonchev–Trinajstić information content (AvgIpc) is 2.64. The van der Waals surface area contributed by atoms with Crippen molar-refractivity contribution in [1.29, 1.82) is 0 Å². The van der Waals surface area contributed by atoms with Crippen LogP contribution in [0.1, 0.15) is 26.3 Å². The number of hydrogen-bond donors (Lipinski definition) is 2. The molecule has 8 heteroatoms. The Morgan fingerprint density at radius 3 is 2.41 bits per heavy atom. The molecule has 0 spiro atoms. The number of aliphatic imine (C=N–C) groups is 1. The largest absolute Gasteiger partial charge is 0.489 e. The molecule has 2 rings (SSSR count). The fourth-order valence-corrected chi connectivity index (χ4v) is 3.20. The predicted octanol–water partition coefficient (Wildman–Crippen LogP) is 2.10. The highest BCUT2D eigenvalue weighted by molar-refractivity contribution is 14.0. The molecule has 1 aromatic carbocycles. The number of para-hydroxylation sites is 1. The Hall–Kier alpha value is -1.55. The van der Waals surface area contributed by atoms with E-state index in [9.17, 15) is 4.79 Å². The summed E-state index contributed by atoms with van der Waals surface area (Å²) in [4.78, 5) is 20.8. The van der Waals surface area contributed by atoms with Crippen LogP contribution >= 0.6 is 24.0 Å². The van der Waals surface area contributed by atoms with Crippen LogP contribution in [0.3, 0.4) is 0 Å². The quantitative estimate of drug-likeness (QED) is 0.330. The molecule has 1 aliphatic heterocycles. The molecule has 0 radical (unpaired) electrons. The number of amides is 1. The van der Waals surface area contributed by atoms with Crippen molar-refractivity contribution in [2.75, 3.05) is 46.3 Å². The summed E-state index contributed by atoms with van der Waals surface area (Å²) in [6.07, 6.45) is 0.0267. The zero-order valence-corrected chi connectivity index (χ0v) is 20.6. The van der Waals surface area contributed by atoms with E-state index < -0.39 is 0 Å². The molecule has 1 heterocycles. The number of piperazine rings is 1. The van der Waals surface area contributed by atoms with Crippen LogP contribution in [0, 0.1) is 6.92 Å². The van der Waals surface area contributed by atoms with Gasteiger partial charge in [-0.15, -0.1) is 24.0 Å². The minimum absolute atomic E-state index is 0. The first-order valence-corrected chi connectivity index (χ1v) is 10.1. The predicted molar refractivity (Wildman–Crippen MR) is 129 cm³/mol. The smallest absolute Gasteiger partial charge is 0.234 e. The lowest BCUT2D eigenvalue weighted by Crippen LogP contribution is -2.55. The van der Waals surface area contributed by atoms with E-state index in [2.05, 4.69) is 45.3 Å². The van der Waals surface area contributed by atoms with E-state index in [1.165, 1.54) is 0 Å². The Morgan fingerprint density at radius 1 is 1.17 bits per heavy atom. The molecule has 1 unspecified atom stereocenters. The van der Waals surface area contributed by atoms with Gasteiger partial charge in [-0.05, 0) is 39.3 Å². The Balaban J connectivity index is 0.00000420. The number of carbonyl (C=O) groups excluding carboxylic acids is 1. The zero-order valence-electron chi connectivity index (χ0n) is 18.3. The van der Waals surface area contributed by atoms with E-state index in [0.29, 0.717) is 13.1 Å². The highest BCUT2D eigenvalue weighted by Gasteiger charge is 2.21. The lowest BCUT2D eigenvalue weighted by atomic mass is 10.2.